The van der Waals surface area contributed by atoms with Gasteiger partial charge in [-0.25, -0.2) is 4.98 Å². The fourth-order valence-corrected chi connectivity index (χ4v) is 2.37. The molecular formula is C14H19N3. The first-order valence-corrected chi connectivity index (χ1v) is 6.34. The Bertz CT molecular complexity index is 383. The molecule has 0 aromatic carbocycles. The molecule has 3 heteroatoms. The molecule has 0 radical (unpaired) electrons. The highest BCUT2D eigenvalue weighted by Crippen LogP contribution is 2.24. The van der Waals surface area contributed by atoms with Crippen molar-refractivity contribution in [3.8, 4) is 6.07 Å². The monoisotopic (exact) mass is 229 g/mol. The quantitative estimate of drug-likeness (QED) is 0.800. The molecule has 0 bridgehead atoms. The Kier molecular flexibility index (Phi) is 3.98. The molecule has 0 aliphatic carbocycles. The summed E-state index contributed by atoms with van der Waals surface area (Å²) in [7, 11) is 0. The molecule has 0 spiro atoms. The number of hydrogen-bond acceptors (Lipinski definition) is 3. The van der Waals surface area contributed by atoms with Gasteiger partial charge in [0.2, 0.25) is 0 Å². The molecule has 17 heavy (non-hydrogen) atoms. The van der Waals surface area contributed by atoms with E-state index in [1.54, 1.807) is 0 Å². The highest BCUT2D eigenvalue weighted by atomic mass is 15.2. The molecule has 0 unspecified atom stereocenters. The van der Waals surface area contributed by atoms with Gasteiger partial charge >= 0.3 is 0 Å². The van der Waals surface area contributed by atoms with Crippen LogP contribution in [0.2, 0.25) is 0 Å². The van der Waals surface area contributed by atoms with Crippen LogP contribution in [0.3, 0.4) is 0 Å². The summed E-state index contributed by atoms with van der Waals surface area (Å²) in [6, 6.07) is 6.46. The maximum absolute atomic E-state index is 8.58. The number of nitrogens with zero attached hydrogens (tertiary/aromatic N) is 3. The van der Waals surface area contributed by atoms with Gasteiger partial charge in [0.05, 0.1) is 6.07 Å². The molecule has 0 saturated carbocycles. The fourth-order valence-electron chi connectivity index (χ4n) is 2.37. The molecule has 1 aromatic rings. The zero-order valence-corrected chi connectivity index (χ0v) is 10.4. The van der Waals surface area contributed by atoms with Crippen LogP contribution in [0.1, 0.15) is 31.2 Å². The molecule has 1 saturated heterocycles. The summed E-state index contributed by atoms with van der Waals surface area (Å²) < 4.78 is 0. The van der Waals surface area contributed by atoms with Gasteiger partial charge in [0.25, 0.3) is 0 Å². The van der Waals surface area contributed by atoms with Crippen LogP contribution < -0.4 is 4.90 Å². The van der Waals surface area contributed by atoms with Gasteiger partial charge in [-0.1, -0.05) is 6.07 Å². The van der Waals surface area contributed by atoms with Crippen LogP contribution in [0.15, 0.2) is 18.3 Å². The van der Waals surface area contributed by atoms with Crippen LogP contribution in [0.5, 0.6) is 0 Å². The number of pyridine rings is 1. The SMILES string of the molecule is Cc1ccc(N2CCC(CCC#N)CC2)nc1. The molecule has 1 fully saturated rings. The lowest BCUT2D eigenvalue weighted by molar-refractivity contribution is 0.384. The maximum atomic E-state index is 8.58. The van der Waals surface area contributed by atoms with Crippen molar-refractivity contribution in [3.63, 3.8) is 0 Å². The van der Waals surface area contributed by atoms with Gasteiger partial charge in [0.15, 0.2) is 0 Å². The average Bonchev–Trinajstić information content (AvgIpc) is 2.38. The first-order chi connectivity index (χ1) is 8.29. The molecule has 0 N–H and O–H groups in total. The molecule has 1 aliphatic rings. The third-order valence-corrected chi connectivity index (χ3v) is 3.50. The van der Waals surface area contributed by atoms with E-state index in [2.05, 4.69) is 35.0 Å². The summed E-state index contributed by atoms with van der Waals surface area (Å²) in [4.78, 5) is 6.81. The normalized spacial score (nSPS) is 16.8. The van der Waals surface area contributed by atoms with Gasteiger partial charge in [0, 0.05) is 25.7 Å². The van der Waals surface area contributed by atoms with E-state index in [9.17, 15) is 0 Å². The number of anilines is 1. The highest BCUT2D eigenvalue weighted by molar-refractivity contribution is 5.39. The Morgan fingerprint density at radius 1 is 1.41 bits per heavy atom. The second-order valence-electron chi connectivity index (χ2n) is 4.82. The van der Waals surface area contributed by atoms with Crippen LogP contribution >= 0.6 is 0 Å². The van der Waals surface area contributed by atoms with Crippen LogP contribution in [-0.4, -0.2) is 18.1 Å². The van der Waals surface area contributed by atoms with E-state index in [-0.39, 0.29) is 0 Å². The Morgan fingerprint density at radius 2 is 2.18 bits per heavy atom. The smallest absolute Gasteiger partial charge is 0.128 e. The second kappa shape index (κ2) is 5.67. The Morgan fingerprint density at radius 3 is 2.76 bits per heavy atom. The zero-order valence-electron chi connectivity index (χ0n) is 10.4. The first-order valence-electron chi connectivity index (χ1n) is 6.34. The lowest BCUT2D eigenvalue weighted by Crippen LogP contribution is -2.34. The van der Waals surface area contributed by atoms with Crippen molar-refractivity contribution in [2.45, 2.75) is 32.6 Å². The van der Waals surface area contributed by atoms with Crippen molar-refractivity contribution in [2.24, 2.45) is 5.92 Å². The van der Waals surface area contributed by atoms with E-state index in [1.165, 1.54) is 18.4 Å². The third kappa shape index (κ3) is 3.20. The van der Waals surface area contributed by atoms with Crippen LogP contribution in [-0.2, 0) is 0 Å². The van der Waals surface area contributed by atoms with E-state index in [1.807, 2.05) is 6.20 Å². The van der Waals surface area contributed by atoms with E-state index in [4.69, 9.17) is 5.26 Å². The molecule has 2 rings (SSSR count). The van der Waals surface area contributed by atoms with Crippen molar-refractivity contribution in [3.05, 3.63) is 23.9 Å². The molecular weight excluding hydrogens is 210 g/mol. The zero-order chi connectivity index (χ0) is 12.1. The largest absolute Gasteiger partial charge is 0.357 e. The van der Waals surface area contributed by atoms with Gasteiger partial charge < -0.3 is 4.90 Å². The van der Waals surface area contributed by atoms with Gasteiger partial charge in [-0.2, -0.15) is 5.26 Å². The fraction of sp³-hybridized carbons (Fsp3) is 0.571. The molecule has 0 atom stereocenters. The van der Waals surface area contributed by atoms with Gasteiger partial charge in [0.1, 0.15) is 5.82 Å². The van der Waals surface area contributed by atoms with Crippen LogP contribution in [0, 0.1) is 24.2 Å². The van der Waals surface area contributed by atoms with E-state index < -0.39 is 0 Å². The molecule has 3 nitrogen and oxygen atoms in total. The van der Waals surface area contributed by atoms with Crippen molar-refractivity contribution in [1.82, 2.24) is 4.98 Å². The van der Waals surface area contributed by atoms with Gasteiger partial charge in [-0.15, -0.1) is 0 Å². The Hall–Kier alpha value is -1.56. The number of nitriles is 1. The standard InChI is InChI=1S/C14H19N3/c1-12-4-5-14(16-11-12)17-9-6-13(7-10-17)3-2-8-15/h4-5,11,13H,2-3,6-7,9-10H2,1H3. The number of piperidine rings is 1. The molecule has 0 amide bonds. The lowest BCUT2D eigenvalue weighted by atomic mass is 9.92. The lowest BCUT2D eigenvalue weighted by Gasteiger charge is -2.32. The van der Waals surface area contributed by atoms with Crippen molar-refractivity contribution >= 4 is 5.82 Å². The van der Waals surface area contributed by atoms with Crippen molar-refractivity contribution in [1.29, 1.82) is 5.26 Å². The highest BCUT2D eigenvalue weighted by Gasteiger charge is 2.19. The van der Waals surface area contributed by atoms with Crippen LogP contribution in [0.4, 0.5) is 5.82 Å². The summed E-state index contributed by atoms with van der Waals surface area (Å²) in [5.41, 5.74) is 1.21. The van der Waals surface area contributed by atoms with E-state index >= 15 is 0 Å². The summed E-state index contributed by atoms with van der Waals surface area (Å²) in [5, 5.41) is 8.58. The summed E-state index contributed by atoms with van der Waals surface area (Å²) in [5.74, 6) is 1.82. The number of aryl methyl sites for hydroxylation is 1. The predicted molar refractivity (Wildman–Crippen MR) is 68.8 cm³/mol. The van der Waals surface area contributed by atoms with Gasteiger partial charge in [-0.3, -0.25) is 0 Å². The minimum Gasteiger partial charge on any atom is -0.357 e. The van der Waals surface area contributed by atoms with Crippen molar-refractivity contribution < 1.29 is 0 Å². The molecule has 2 heterocycles. The van der Waals surface area contributed by atoms with E-state index in [0.29, 0.717) is 6.42 Å². The summed E-state index contributed by atoms with van der Waals surface area (Å²) >= 11 is 0. The second-order valence-corrected chi connectivity index (χ2v) is 4.82. The predicted octanol–water partition coefficient (Wildman–Crippen LogP) is 2.91. The molecule has 1 aromatic heterocycles. The molecule has 1 aliphatic heterocycles. The van der Waals surface area contributed by atoms with E-state index in [0.717, 1.165) is 31.2 Å². The Balaban J connectivity index is 1.87. The third-order valence-electron chi connectivity index (χ3n) is 3.50. The number of rotatable bonds is 3. The molecule has 90 valence electrons. The first kappa shape index (κ1) is 11.9. The number of aromatic nitrogens is 1. The van der Waals surface area contributed by atoms with Gasteiger partial charge in [-0.05, 0) is 43.7 Å². The minimum atomic E-state index is 0.702. The Labute approximate surface area is 103 Å². The van der Waals surface area contributed by atoms with Crippen molar-refractivity contribution in [2.75, 3.05) is 18.0 Å². The van der Waals surface area contributed by atoms with Crippen LogP contribution in [0.25, 0.3) is 0 Å². The number of hydrogen-bond donors (Lipinski definition) is 0. The minimum absolute atomic E-state index is 0.702. The summed E-state index contributed by atoms with van der Waals surface area (Å²) in [6.45, 7) is 4.21. The summed E-state index contributed by atoms with van der Waals surface area (Å²) in [6.07, 6.45) is 6.07. The maximum Gasteiger partial charge on any atom is 0.128 e. The topological polar surface area (TPSA) is 39.9 Å². The average molecular weight is 229 g/mol.